The van der Waals surface area contributed by atoms with Gasteiger partial charge in [-0.25, -0.2) is 4.79 Å². The van der Waals surface area contributed by atoms with Gasteiger partial charge in [0, 0.05) is 12.1 Å². The van der Waals surface area contributed by atoms with Crippen LogP contribution in [0.4, 0.5) is 4.79 Å². The van der Waals surface area contributed by atoms with Crippen molar-refractivity contribution in [3.8, 4) is 0 Å². The van der Waals surface area contributed by atoms with Gasteiger partial charge in [-0.1, -0.05) is 0 Å². The van der Waals surface area contributed by atoms with Gasteiger partial charge in [0.15, 0.2) is 0 Å². The average Bonchev–Trinajstić information content (AvgIpc) is 2.63. The summed E-state index contributed by atoms with van der Waals surface area (Å²) in [5.74, 6) is 0.689. The van der Waals surface area contributed by atoms with Crippen molar-refractivity contribution in [3.05, 3.63) is 0 Å². The molecule has 1 saturated carbocycles. The molecule has 70 valence electrons. The number of carbonyl (C=O) groups is 1. The fraction of sp³-hybridized carbons (Fsp3) is 0.875. The molecule has 4 N–H and O–H groups in total. The Morgan fingerprint density at radius 3 is 2.83 bits per heavy atom. The van der Waals surface area contributed by atoms with E-state index in [0.717, 1.165) is 6.42 Å². The number of urea groups is 1. The minimum atomic E-state index is -0.429. The molecule has 0 heterocycles. The first-order valence-corrected chi connectivity index (χ1v) is 4.31. The third-order valence-corrected chi connectivity index (χ3v) is 2.77. The van der Waals surface area contributed by atoms with Crippen molar-refractivity contribution in [1.82, 2.24) is 10.6 Å². The zero-order valence-electron chi connectivity index (χ0n) is 7.68. The second-order valence-electron chi connectivity index (χ2n) is 3.65. The standard InChI is InChI=1S/C8H17N3O/c1-8(10-2)5-6(8)3-4-11-7(9)12/h6,10H,3-5H2,1-2H3,(H3,9,11,12). The second kappa shape index (κ2) is 3.31. The van der Waals surface area contributed by atoms with E-state index in [1.165, 1.54) is 6.42 Å². The van der Waals surface area contributed by atoms with Crippen molar-refractivity contribution in [3.63, 3.8) is 0 Å². The van der Waals surface area contributed by atoms with E-state index in [2.05, 4.69) is 17.6 Å². The molecule has 4 heteroatoms. The van der Waals surface area contributed by atoms with E-state index in [1.54, 1.807) is 0 Å². The van der Waals surface area contributed by atoms with E-state index in [-0.39, 0.29) is 0 Å². The number of amides is 2. The summed E-state index contributed by atoms with van der Waals surface area (Å²) in [6, 6.07) is -0.429. The van der Waals surface area contributed by atoms with Gasteiger partial charge >= 0.3 is 6.03 Å². The van der Waals surface area contributed by atoms with Crippen molar-refractivity contribution < 1.29 is 4.79 Å². The van der Waals surface area contributed by atoms with Gasteiger partial charge in [-0.3, -0.25) is 0 Å². The highest BCUT2D eigenvalue weighted by molar-refractivity contribution is 5.71. The Morgan fingerprint density at radius 1 is 1.75 bits per heavy atom. The lowest BCUT2D eigenvalue weighted by atomic mass is 10.2. The van der Waals surface area contributed by atoms with Gasteiger partial charge in [0.25, 0.3) is 0 Å². The number of hydrogen-bond donors (Lipinski definition) is 3. The Labute approximate surface area is 72.9 Å². The molecule has 0 saturated heterocycles. The lowest BCUT2D eigenvalue weighted by Gasteiger charge is -2.08. The average molecular weight is 171 g/mol. The molecule has 0 radical (unpaired) electrons. The Hall–Kier alpha value is -0.770. The van der Waals surface area contributed by atoms with Gasteiger partial charge in [-0.05, 0) is 32.7 Å². The van der Waals surface area contributed by atoms with Crippen LogP contribution >= 0.6 is 0 Å². The molecule has 1 fully saturated rings. The molecule has 0 aliphatic heterocycles. The Morgan fingerprint density at radius 2 is 2.42 bits per heavy atom. The van der Waals surface area contributed by atoms with Crippen LogP contribution in [0, 0.1) is 5.92 Å². The quantitative estimate of drug-likeness (QED) is 0.559. The summed E-state index contributed by atoms with van der Waals surface area (Å²) in [5, 5.41) is 5.85. The van der Waals surface area contributed by atoms with E-state index in [9.17, 15) is 4.79 Å². The SMILES string of the molecule is CNC1(C)CC1CCNC(N)=O. The van der Waals surface area contributed by atoms with Gasteiger partial charge in [0.1, 0.15) is 0 Å². The number of carbonyl (C=O) groups excluding carboxylic acids is 1. The molecule has 4 nitrogen and oxygen atoms in total. The number of nitrogens with two attached hydrogens (primary N) is 1. The van der Waals surface area contributed by atoms with Crippen LogP contribution < -0.4 is 16.4 Å². The molecule has 1 rings (SSSR count). The van der Waals surface area contributed by atoms with E-state index < -0.39 is 6.03 Å². The molecule has 0 aromatic heterocycles. The fourth-order valence-corrected chi connectivity index (χ4v) is 1.55. The Bertz CT molecular complexity index is 183. The van der Waals surface area contributed by atoms with Crippen LogP contribution in [0.1, 0.15) is 19.8 Å². The molecular weight excluding hydrogens is 154 g/mol. The van der Waals surface area contributed by atoms with E-state index in [4.69, 9.17) is 5.73 Å². The van der Waals surface area contributed by atoms with Crippen molar-refractivity contribution in [2.24, 2.45) is 11.7 Å². The lowest BCUT2D eigenvalue weighted by Crippen LogP contribution is -2.32. The summed E-state index contributed by atoms with van der Waals surface area (Å²) in [6.45, 7) is 2.89. The zero-order valence-corrected chi connectivity index (χ0v) is 7.68. The normalized spacial score (nSPS) is 33.0. The Balaban J connectivity index is 2.08. The zero-order chi connectivity index (χ0) is 9.19. The molecule has 0 aromatic rings. The maximum absolute atomic E-state index is 10.3. The molecule has 2 amide bonds. The largest absolute Gasteiger partial charge is 0.352 e. The van der Waals surface area contributed by atoms with Crippen molar-refractivity contribution in [2.75, 3.05) is 13.6 Å². The number of nitrogens with one attached hydrogen (secondary N) is 2. The summed E-state index contributed by atoms with van der Waals surface area (Å²) in [6.07, 6.45) is 2.21. The first kappa shape index (κ1) is 9.32. The summed E-state index contributed by atoms with van der Waals surface area (Å²) in [5.41, 5.74) is 5.24. The smallest absolute Gasteiger partial charge is 0.312 e. The van der Waals surface area contributed by atoms with Gasteiger partial charge in [-0.2, -0.15) is 0 Å². The molecule has 0 spiro atoms. The molecular formula is C8H17N3O. The molecule has 1 aliphatic rings. The molecule has 0 bridgehead atoms. The highest BCUT2D eigenvalue weighted by Crippen LogP contribution is 2.44. The number of rotatable bonds is 4. The fourth-order valence-electron chi connectivity index (χ4n) is 1.55. The molecule has 12 heavy (non-hydrogen) atoms. The van der Waals surface area contributed by atoms with E-state index in [1.807, 2.05) is 7.05 Å². The maximum atomic E-state index is 10.3. The van der Waals surface area contributed by atoms with Crippen LogP contribution in [-0.2, 0) is 0 Å². The maximum Gasteiger partial charge on any atom is 0.312 e. The van der Waals surface area contributed by atoms with Gasteiger partial charge < -0.3 is 16.4 Å². The van der Waals surface area contributed by atoms with Gasteiger partial charge in [0.2, 0.25) is 0 Å². The topological polar surface area (TPSA) is 67.2 Å². The van der Waals surface area contributed by atoms with E-state index >= 15 is 0 Å². The summed E-state index contributed by atoms with van der Waals surface area (Å²) >= 11 is 0. The minimum Gasteiger partial charge on any atom is -0.352 e. The molecule has 1 aliphatic carbocycles. The third-order valence-electron chi connectivity index (χ3n) is 2.77. The second-order valence-corrected chi connectivity index (χ2v) is 3.65. The predicted molar refractivity (Wildman–Crippen MR) is 47.8 cm³/mol. The predicted octanol–water partition coefficient (Wildman–Crippen LogP) is 0.0428. The summed E-state index contributed by atoms with van der Waals surface area (Å²) in [7, 11) is 1.97. The van der Waals surface area contributed by atoms with Crippen LogP contribution in [0.5, 0.6) is 0 Å². The van der Waals surface area contributed by atoms with Crippen LogP contribution in [-0.4, -0.2) is 25.2 Å². The van der Waals surface area contributed by atoms with Crippen LogP contribution in [0.2, 0.25) is 0 Å². The first-order chi connectivity index (χ1) is 5.58. The number of hydrogen-bond acceptors (Lipinski definition) is 2. The van der Waals surface area contributed by atoms with Crippen molar-refractivity contribution in [1.29, 1.82) is 0 Å². The molecule has 2 atom stereocenters. The molecule has 2 unspecified atom stereocenters. The molecule has 0 aromatic carbocycles. The third kappa shape index (κ3) is 2.11. The highest BCUT2D eigenvalue weighted by atomic mass is 16.2. The van der Waals surface area contributed by atoms with Crippen LogP contribution in [0.3, 0.4) is 0 Å². The van der Waals surface area contributed by atoms with Crippen molar-refractivity contribution >= 4 is 6.03 Å². The van der Waals surface area contributed by atoms with Crippen LogP contribution in [0.15, 0.2) is 0 Å². The van der Waals surface area contributed by atoms with Crippen LogP contribution in [0.25, 0.3) is 0 Å². The highest BCUT2D eigenvalue weighted by Gasteiger charge is 2.47. The van der Waals surface area contributed by atoms with E-state index in [0.29, 0.717) is 18.0 Å². The van der Waals surface area contributed by atoms with Gasteiger partial charge in [-0.15, -0.1) is 0 Å². The first-order valence-electron chi connectivity index (χ1n) is 4.31. The number of primary amides is 1. The Kier molecular flexibility index (Phi) is 2.57. The monoisotopic (exact) mass is 171 g/mol. The van der Waals surface area contributed by atoms with Crippen molar-refractivity contribution in [2.45, 2.75) is 25.3 Å². The van der Waals surface area contributed by atoms with Gasteiger partial charge in [0.05, 0.1) is 0 Å². The summed E-state index contributed by atoms with van der Waals surface area (Å²) < 4.78 is 0. The lowest BCUT2D eigenvalue weighted by molar-refractivity contribution is 0.248. The minimum absolute atomic E-state index is 0.305. The summed E-state index contributed by atoms with van der Waals surface area (Å²) in [4.78, 5) is 10.3.